The van der Waals surface area contributed by atoms with Crippen LogP contribution in [0.2, 0.25) is 0 Å². The van der Waals surface area contributed by atoms with Crippen LogP contribution in [0.1, 0.15) is 47.5 Å². The lowest BCUT2D eigenvalue weighted by Gasteiger charge is -2.29. The molecule has 0 aliphatic heterocycles. The van der Waals surface area contributed by atoms with E-state index in [4.69, 9.17) is 4.98 Å². The highest BCUT2D eigenvalue weighted by Crippen LogP contribution is 2.43. The van der Waals surface area contributed by atoms with Crippen molar-refractivity contribution >= 4 is 22.8 Å². The fourth-order valence-corrected chi connectivity index (χ4v) is 5.05. The minimum absolute atomic E-state index is 0.0105. The van der Waals surface area contributed by atoms with Crippen molar-refractivity contribution in [2.24, 2.45) is 0 Å². The first-order valence-electron chi connectivity index (χ1n) is 10.4. The summed E-state index contributed by atoms with van der Waals surface area (Å²) >= 11 is 1.36. The van der Waals surface area contributed by atoms with Crippen LogP contribution in [0.15, 0.2) is 71.6 Å². The lowest BCUT2D eigenvalue weighted by Crippen LogP contribution is -2.31. The van der Waals surface area contributed by atoms with Gasteiger partial charge in [0, 0.05) is 35.1 Å². The Morgan fingerprint density at radius 3 is 2.53 bits per heavy atom. The first kappa shape index (κ1) is 21.6. The zero-order valence-electron chi connectivity index (χ0n) is 17.4. The summed E-state index contributed by atoms with van der Waals surface area (Å²) in [6.07, 6.45) is 5.84. The molecule has 1 unspecified atom stereocenters. The number of nitro groups is 1. The van der Waals surface area contributed by atoms with Crippen molar-refractivity contribution in [3.63, 3.8) is 0 Å². The highest BCUT2D eigenvalue weighted by Gasteiger charge is 2.42. The number of carbonyl (C=O) groups excluding carboxylic acids is 1. The van der Waals surface area contributed by atoms with E-state index in [1.807, 2.05) is 23.6 Å². The minimum atomic E-state index is -1.11. The molecule has 4 rings (SSSR count). The fourth-order valence-electron chi connectivity index (χ4n) is 4.03. The number of aromatic nitrogens is 1. The molecule has 0 amide bonds. The molecule has 0 saturated carbocycles. The van der Waals surface area contributed by atoms with E-state index in [9.17, 15) is 20.2 Å². The van der Waals surface area contributed by atoms with Gasteiger partial charge in [0.25, 0.3) is 5.69 Å². The number of allylic oxidation sites excluding steroid dienone is 2. The Hall–Kier alpha value is -3.63. The Morgan fingerprint density at radius 2 is 1.91 bits per heavy atom. The topological polar surface area (TPSA) is 96.9 Å². The van der Waals surface area contributed by atoms with Crippen molar-refractivity contribution < 1.29 is 9.72 Å². The van der Waals surface area contributed by atoms with Crippen LogP contribution in [0.5, 0.6) is 0 Å². The number of nitriles is 1. The van der Waals surface area contributed by atoms with E-state index in [0.29, 0.717) is 16.3 Å². The number of carbonyl (C=O) groups is 1. The SMILES string of the molecule is N#CC(CC(=O)c1ccccc1)(C1=CCCCC1)c1nc(-c2ccc([N+](=O)[O-])cc2)cs1. The number of Topliss-reactive ketones (excluding diaryl/α,β-unsaturated/α-hetero) is 1. The molecule has 6 nitrogen and oxygen atoms in total. The number of rotatable bonds is 7. The van der Waals surface area contributed by atoms with Gasteiger partial charge in [0.1, 0.15) is 10.4 Å². The fraction of sp³-hybridized carbons (Fsp3) is 0.240. The van der Waals surface area contributed by atoms with Crippen molar-refractivity contribution in [2.75, 3.05) is 0 Å². The van der Waals surface area contributed by atoms with E-state index in [1.54, 1.807) is 24.3 Å². The van der Waals surface area contributed by atoms with Crippen molar-refractivity contribution in [1.82, 2.24) is 4.98 Å². The number of thiazole rings is 1. The van der Waals surface area contributed by atoms with Crippen molar-refractivity contribution in [2.45, 2.75) is 37.5 Å². The molecule has 1 aromatic heterocycles. The molecule has 0 fully saturated rings. The number of hydrogen-bond acceptors (Lipinski definition) is 6. The molecule has 2 aromatic carbocycles. The summed E-state index contributed by atoms with van der Waals surface area (Å²) in [5.74, 6) is -0.0919. The first-order chi connectivity index (χ1) is 15.5. The Balaban J connectivity index is 1.73. The van der Waals surface area contributed by atoms with Gasteiger partial charge in [-0.2, -0.15) is 5.26 Å². The average Bonchev–Trinajstić information content (AvgIpc) is 3.34. The van der Waals surface area contributed by atoms with Gasteiger partial charge < -0.3 is 0 Å². The molecule has 160 valence electrons. The summed E-state index contributed by atoms with van der Waals surface area (Å²) in [6.45, 7) is 0. The zero-order valence-corrected chi connectivity index (χ0v) is 18.2. The molecule has 0 radical (unpaired) electrons. The minimum Gasteiger partial charge on any atom is -0.294 e. The molecule has 0 saturated heterocycles. The Kier molecular flexibility index (Phi) is 6.24. The average molecular weight is 444 g/mol. The second kappa shape index (κ2) is 9.25. The van der Waals surface area contributed by atoms with Crippen LogP contribution in [0.3, 0.4) is 0 Å². The molecule has 32 heavy (non-hydrogen) atoms. The molecule has 7 heteroatoms. The highest BCUT2D eigenvalue weighted by molar-refractivity contribution is 7.10. The van der Waals surface area contributed by atoms with Gasteiger partial charge in [-0.3, -0.25) is 14.9 Å². The predicted molar refractivity (Wildman–Crippen MR) is 123 cm³/mol. The van der Waals surface area contributed by atoms with E-state index >= 15 is 0 Å². The summed E-state index contributed by atoms with van der Waals surface area (Å²) in [5, 5.41) is 23.8. The monoisotopic (exact) mass is 443 g/mol. The van der Waals surface area contributed by atoms with Crippen LogP contribution >= 0.6 is 11.3 Å². The molecule has 1 aliphatic carbocycles. The van der Waals surface area contributed by atoms with E-state index in [2.05, 4.69) is 12.1 Å². The molecule has 0 N–H and O–H groups in total. The van der Waals surface area contributed by atoms with Crippen molar-refractivity contribution in [1.29, 1.82) is 5.26 Å². The number of ketones is 1. The predicted octanol–water partition coefficient (Wildman–Crippen LogP) is 6.25. The largest absolute Gasteiger partial charge is 0.294 e. The normalized spacial score (nSPS) is 15.3. The smallest absolute Gasteiger partial charge is 0.269 e. The van der Waals surface area contributed by atoms with Crippen LogP contribution in [-0.2, 0) is 5.41 Å². The number of nitrogens with zero attached hydrogens (tertiary/aromatic N) is 3. The van der Waals surface area contributed by atoms with Gasteiger partial charge in [-0.1, -0.05) is 36.4 Å². The molecule has 1 atom stereocenters. The van der Waals surface area contributed by atoms with Gasteiger partial charge in [0.2, 0.25) is 0 Å². The number of hydrogen-bond donors (Lipinski definition) is 0. The Morgan fingerprint density at radius 1 is 1.16 bits per heavy atom. The third-order valence-corrected chi connectivity index (χ3v) is 6.80. The molecular formula is C25H21N3O3S. The number of non-ortho nitro benzene ring substituents is 1. The number of nitro benzene ring substituents is 1. The van der Waals surface area contributed by atoms with Gasteiger partial charge in [-0.15, -0.1) is 11.3 Å². The van der Waals surface area contributed by atoms with Gasteiger partial charge in [-0.05, 0) is 43.4 Å². The summed E-state index contributed by atoms with van der Waals surface area (Å²) < 4.78 is 0. The van der Waals surface area contributed by atoms with Crippen LogP contribution in [0, 0.1) is 21.4 Å². The van der Waals surface area contributed by atoms with Crippen molar-refractivity contribution in [3.05, 3.63) is 92.3 Å². The number of benzene rings is 2. The van der Waals surface area contributed by atoms with Gasteiger partial charge in [0.05, 0.1) is 16.7 Å². The third-order valence-electron chi connectivity index (χ3n) is 5.79. The van der Waals surface area contributed by atoms with E-state index in [1.165, 1.54) is 23.5 Å². The zero-order chi connectivity index (χ0) is 22.6. The Bertz CT molecular complexity index is 1210. The van der Waals surface area contributed by atoms with Crippen LogP contribution < -0.4 is 0 Å². The molecular weight excluding hydrogens is 422 g/mol. The van der Waals surface area contributed by atoms with Crippen LogP contribution in [0.4, 0.5) is 5.69 Å². The summed E-state index contributed by atoms with van der Waals surface area (Å²) in [6, 6.07) is 17.7. The molecule has 0 spiro atoms. The lowest BCUT2D eigenvalue weighted by molar-refractivity contribution is -0.384. The lowest BCUT2D eigenvalue weighted by atomic mass is 9.73. The quantitative estimate of drug-likeness (QED) is 0.186. The second-order valence-electron chi connectivity index (χ2n) is 7.80. The van der Waals surface area contributed by atoms with Crippen LogP contribution in [0.25, 0.3) is 11.3 Å². The van der Waals surface area contributed by atoms with Crippen LogP contribution in [-0.4, -0.2) is 15.7 Å². The van der Waals surface area contributed by atoms with E-state index < -0.39 is 10.3 Å². The standard InChI is InChI=1S/C25H21N3O3S/c26-17-25(20-9-5-2-6-10-20,15-23(29)19-7-3-1-4-8-19)24-27-22(16-32-24)18-11-13-21(14-12-18)28(30)31/h1,3-4,7-9,11-14,16H,2,5-6,10,15H2. The second-order valence-corrected chi connectivity index (χ2v) is 8.66. The molecule has 3 aromatic rings. The van der Waals surface area contributed by atoms with Gasteiger partial charge in [0.15, 0.2) is 5.78 Å². The summed E-state index contributed by atoms with van der Waals surface area (Å²) in [4.78, 5) is 28.4. The van der Waals surface area contributed by atoms with Gasteiger partial charge in [-0.25, -0.2) is 4.98 Å². The molecule has 1 aliphatic rings. The molecule has 1 heterocycles. The Labute approximate surface area is 190 Å². The van der Waals surface area contributed by atoms with E-state index in [-0.39, 0.29) is 17.9 Å². The van der Waals surface area contributed by atoms with E-state index in [0.717, 1.165) is 36.8 Å². The van der Waals surface area contributed by atoms with Crippen molar-refractivity contribution in [3.8, 4) is 17.3 Å². The maximum absolute atomic E-state index is 13.1. The summed E-state index contributed by atoms with van der Waals surface area (Å²) in [7, 11) is 0. The maximum Gasteiger partial charge on any atom is 0.269 e. The maximum atomic E-state index is 13.1. The third kappa shape index (κ3) is 4.23. The summed E-state index contributed by atoms with van der Waals surface area (Å²) in [5.41, 5.74) is 1.81. The molecule has 0 bridgehead atoms. The first-order valence-corrected chi connectivity index (χ1v) is 11.3. The van der Waals surface area contributed by atoms with Gasteiger partial charge >= 0.3 is 0 Å². The highest BCUT2D eigenvalue weighted by atomic mass is 32.1.